The fourth-order valence-electron chi connectivity index (χ4n) is 2.84. The van der Waals surface area contributed by atoms with Gasteiger partial charge in [0.1, 0.15) is 6.23 Å². The molecule has 0 radical (unpaired) electrons. The Bertz CT molecular complexity index is 683. The summed E-state index contributed by atoms with van der Waals surface area (Å²) in [6, 6.07) is 6.55. The maximum Gasteiger partial charge on any atom is 0.295 e. The average Bonchev–Trinajstić information content (AvgIpc) is 2.74. The van der Waals surface area contributed by atoms with E-state index in [2.05, 4.69) is 10.1 Å². The molecule has 0 fully saturated rings. The lowest BCUT2D eigenvalue weighted by Gasteiger charge is -2.15. The third-order valence-corrected chi connectivity index (χ3v) is 4.12. The predicted octanol–water partition coefficient (Wildman–Crippen LogP) is 3.30. The number of benzene rings is 1. The van der Waals surface area contributed by atoms with E-state index in [1.807, 2.05) is 0 Å². The topological polar surface area (TPSA) is 65.3 Å². The first-order valence-electron chi connectivity index (χ1n) is 7.68. The highest BCUT2D eigenvalue weighted by molar-refractivity contribution is 5.74. The molecule has 0 saturated carbocycles. The Balaban J connectivity index is 2.18. The van der Waals surface area contributed by atoms with E-state index < -0.39 is 12.2 Å². The van der Waals surface area contributed by atoms with Crippen molar-refractivity contribution in [3.63, 3.8) is 0 Å². The molecule has 2 atom stereocenters. The van der Waals surface area contributed by atoms with Crippen molar-refractivity contribution >= 4 is 5.90 Å². The van der Waals surface area contributed by atoms with Crippen LogP contribution in [0.15, 0.2) is 47.6 Å². The summed E-state index contributed by atoms with van der Waals surface area (Å²) < 4.78 is 33.9. The minimum Gasteiger partial charge on any atom is -0.484 e. The number of alkyl halides is 2. The van der Waals surface area contributed by atoms with Crippen molar-refractivity contribution in [3.8, 4) is 0 Å². The van der Waals surface area contributed by atoms with Crippen molar-refractivity contribution in [2.45, 2.75) is 31.9 Å². The molecule has 3 N–H and O–H groups in total. The molecule has 4 nitrogen and oxygen atoms in total. The number of hydrogen-bond acceptors (Lipinski definition) is 4. The van der Waals surface area contributed by atoms with E-state index in [1.54, 1.807) is 32.0 Å². The maximum absolute atomic E-state index is 14.6. The SMILES string of the molecule is COC(=N)CNC(O)/C=C(C)/C=C1\[C@H](C)c2ccccc2C1(F)F. The van der Waals surface area contributed by atoms with Gasteiger partial charge in [0, 0.05) is 17.1 Å². The summed E-state index contributed by atoms with van der Waals surface area (Å²) in [4.78, 5) is 0. The second-order valence-electron chi connectivity index (χ2n) is 5.85. The quantitative estimate of drug-likeness (QED) is 0.439. The van der Waals surface area contributed by atoms with Gasteiger partial charge < -0.3 is 9.84 Å². The van der Waals surface area contributed by atoms with Gasteiger partial charge in [-0.2, -0.15) is 8.78 Å². The number of methoxy groups -OCH3 is 1. The van der Waals surface area contributed by atoms with Gasteiger partial charge in [-0.05, 0) is 18.6 Å². The van der Waals surface area contributed by atoms with Crippen LogP contribution in [0.1, 0.15) is 30.9 Å². The molecule has 1 aromatic rings. The Hall–Kier alpha value is -2.05. The molecule has 1 aromatic carbocycles. The molecule has 130 valence electrons. The van der Waals surface area contributed by atoms with Crippen LogP contribution in [-0.4, -0.2) is 30.9 Å². The molecule has 1 aliphatic rings. The predicted molar refractivity (Wildman–Crippen MR) is 89.3 cm³/mol. The third-order valence-electron chi connectivity index (χ3n) is 4.12. The lowest BCUT2D eigenvalue weighted by molar-refractivity contribution is 0.0418. The Morgan fingerprint density at radius 3 is 2.75 bits per heavy atom. The molecular weight excluding hydrogens is 314 g/mol. The zero-order valence-electron chi connectivity index (χ0n) is 13.9. The van der Waals surface area contributed by atoms with Crippen LogP contribution in [0.25, 0.3) is 0 Å². The molecule has 2 rings (SSSR count). The highest BCUT2D eigenvalue weighted by Crippen LogP contribution is 2.52. The van der Waals surface area contributed by atoms with Crippen LogP contribution >= 0.6 is 0 Å². The van der Waals surface area contributed by atoms with E-state index in [-0.39, 0.29) is 29.5 Å². The van der Waals surface area contributed by atoms with E-state index in [1.165, 1.54) is 25.3 Å². The van der Waals surface area contributed by atoms with Crippen molar-refractivity contribution in [2.24, 2.45) is 0 Å². The Morgan fingerprint density at radius 2 is 2.12 bits per heavy atom. The average molecular weight is 336 g/mol. The maximum atomic E-state index is 14.6. The highest BCUT2D eigenvalue weighted by atomic mass is 19.3. The summed E-state index contributed by atoms with van der Waals surface area (Å²) in [5, 5.41) is 19.8. The number of nitrogens with one attached hydrogen (secondary N) is 2. The van der Waals surface area contributed by atoms with Gasteiger partial charge in [0.15, 0.2) is 5.90 Å². The summed E-state index contributed by atoms with van der Waals surface area (Å²) >= 11 is 0. The summed E-state index contributed by atoms with van der Waals surface area (Å²) in [7, 11) is 1.36. The fraction of sp³-hybridized carbons (Fsp3) is 0.389. The van der Waals surface area contributed by atoms with Crippen LogP contribution in [0.5, 0.6) is 0 Å². The first-order chi connectivity index (χ1) is 11.3. The number of aliphatic hydroxyl groups excluding tert-OH is 1. The van der Waals surface area contributed by atoms with Gasteiger partial charge in [-0.25, -0.2) is 0 Å². The molecule has 1 unspecified atom stereocenters. The summed E-state index contributed by atoms with van der Waals surface area (Å²) in [5.74, 6) is -3.42. The van der Waals surface area contributed by atoms with Crippen LogP contribution in [-0.2, 0) is 10.7 Å². The molecule has 6 heteroatoms. The number of fused-ring (bicyclic) bond motifs is 1. The zero-order valence-corrected chi connectivity index (χ0v) is 13.9. The van der Waals surface area contributed by atoms with Crippen molar-refractivity contribution in [3.05, 3.63) is 58.7 Å². The first kappa shape index (κ1) is 18.3. The van der Waals surface area contributed by atoms with E-state index in [4.69, 9.17) is 5.41 Å². The van der Waals surface area contributed by atoms with Gasteiger partial charge in [-0.1, -0.05) is 42.8 Å². The minimum absolute atomic E-state index is 0.0225. The second-order valence-corrected chi connectivity index (χ2v) is 5.85. The molecule has 0 amide bonds. The van der Waals surface area contributed by atoms with Gasteiger partial charge in [-0.3, -0.25) is 10.7 Å². The number of aliphatic hydroxyl groups is 1. The smallest absolute Gasteiger partial charge is 0.295 e. The van der Waals surface area contributed by atoms with E-state index >= 15 is 0 Å². The molecular formula is C18H22F2N2O2. The van der Waals surface area contributed by atoms with Crippen molar-refractivity contribution in [1.29, 1.82) is 5.41 Å². The number of ether oxygens (including phenoxy) is 1. The van der Waals surface area contributed by atoms with Crippen molar-refractivity contribution < 1.29 is 18.6 Å². The van der Waals surface area contributed by atoms with Gasteiger partial charge in [0.25, 0.3) is 5.92 Å². The number of hydrogen-bond donors (Lipinski definition) is 3. The van der Waals surface area contributed by atoms with Crippen LogP contribution in [0.2, 0.25) is 0 Å². The summed E-state index contributed by atoms with van der Waals surface area (Å²) in [5.41, 5.74) is 1.22. The molecule has 0 saturated heterocycles. The monoisotopic (exact) mass is 336 g/mol. The highest BCUT2D eigenvalue weighted by Gasteiger charge is 2.47. The van der Waals surface area contributed by atoms with E-state index in [0.29, 0.717) is 11.1 Å². The molecule has 0 aliphatic heterocycles. The molecule has 24 heavy (non-hydrogen) atoms. The standard InChI is InChI=1S/C18H22F2N2O2/c1-11(9-17(23)22-10-16(21)24-3)8-15-12(2)13-6-4-5-7-14(13)18(15,19)20/h4-9,12,17,21-23H,10H2,1-3H3/b11-9+,15-8+,21-16?/t12-,17?/m1/s1. The molecule has 0 bridgehead atoms. The summed E-state index contributed by atoms with van der Waals surface area (Å²) in [6.07, 6.45) is 1.81. The van der Waals surface area contributed by atoms with Crippen molar-refractivity contribution in [1.82, 2.24) is 5.32 Å². The normalized spacial score (nSPS) is 22.3. The van der Waals surface area contributed by atoms with Gasteiger partial charge in [0.2, 0.25) is 0 Å². The first-order valence-corrected chi connectivity index (χ1v) is 7.68. The Morgan fingerprint density at radius 1 is 1.46 bits per heavy atom. The molecule has 1 aliphatic carbocycles. The van der Waals surface area contributed by atoms with Crippen LogP contribution in [0.4, 0.5) is 8.78 Å². The van der Waals surface area contributed by atoms with E-state index in [0.717, 1.165) is 0 Å². The molecule has 0 spiro atoms. The number of rotatable bonds is 5. The fourth-order valence-corrected chi connectivity index (χ4v) is 2.84. The summed E-state index contributed by atoms with van der Waals surface area (Å²) in [6.45, 7) is 3.47. The van der Waals surface area contributed by atoms with Crippen molar-refractivity contribution in [2.75, 3.05) is 13.7 Å². The minimum atomic E-state index is -3.01. The Labute approximate surface area is 140 Å². The molecule has 0 aromatic heterocycles. The Kier molecular flexibility index (Phi) is 5.51. The number of halogens is 2. The van der Waals surface area contributed by atoms with Gasteiger partial charge in [-0.15, -0.1) is 0 Å². The van der Waals surface area contributed by atoms with Crippen LogP contribution in [0, 0.1) is 5.41 Å². The van der Waals surface area contributed by atoms with Crippen LogP contribution < -0.4 is 5.32 Å². The second kappa shape index (κ2) is 7.23. The molecule has 0 heterocycles. The lowest BCUT2D eigenvalue weighted by atomic mass is 9.97. The third kappa shape index (κ3) is 3.71. The largest absolute Gasteiger partial charge is 0.484 e. The zero-order chi connectivity index (χ0) is 17.9. The lowest BCUT2D eigenvalue weighted by Crippen LogP contribution is -2.32. The van der Waals surface area contributed by atoms with Gasteiger partial charge >= 0.3 is 0 Å². The van der Waals surface area contributed by atoms with E-state index in [9.17, 15) is 13.9 Å². The number of allylic oxidation sites excluding steroid dienone is 3. The van der Waals surface area contributed by atoms with Gasteiger partial charge in [0.05, 0.1) is 13.7 Å². The van der Waals surface area contributed by atoms with Crippen LogP contribution in [0.3, 0.4) is 0 Å².